The summed E-state index contributed by atoms with van der Waals surface area (Å²) in [6.07, 6.45) is 4.88. The Labute approximate surface area is 170 Å². The van der Waals surface area contributed by atoms with Gasteiger partial charge in [0.05, 0.1) is 22.7 Å². The molecule has 1 amide bonds. The van der Waals surface area contributed by atoms with E-state index in [-0.39, 0.29) is 36.0 Å². The van der Waals surface area contributed by atoms with E-state index in [4.69, 9.17) is 9.84 Å². The molecule has 0 aromatic heterocycles. The first-order chi connectivity index (χ1) is 13.6. The number of benzene rings is 1. The van der Waals surface area contributed by atoms with Gasteiger partial charge in [-0.1, -0.05) is 26.0 Å². The van der Waals surface area contributed by atoms with Gasteiger partial charge in [-0.2, -0.15) is 0 Å². The van der Waals surface area contributed by atoms with Crippen LogP contribution >= 0.6 is 0 Å². The number of nitro groups is 1. The van der Waals surface area contributed by atoms with Crippen molar-refractivity contribution in [1.82, 2.24) is 5.32 Å². The monoisotopic (exact) mass is 407 g/mol. The van der Waals surface area contributed by atoms with Crippen LogP contribution in [0.1, 0.15) is 44.0 Å². The van der Waals surface area contributed by atoms with E-state index in [0.29, 0.717) is 12.8 Å². The molecule has 2 rings (SSSR count). The number of aliphatic hydroxyl groups excluding tert-OH is 1. The average molecular weight is 407 g/mol. The summed E-state index contributed by atoms with van der Waals surface area (Å²) in [6.45, 7) is 5.70. The van der Waals surface area contributed by atoms with Crippen molar-refractivity contribution in [3.8, 4) is 0 Å². The third-order valence-corrected chi connectivity index (χ3v) is 5.65. The fourth-order valence-corrected chi connectivity index (χ4v) is 3.54. The Bertz CT molecular complexity index is 796. The molecule has 1 aromatic rings. The van der Waals surface area contributed by atoms with Gasteiger partial charge in [-0.15, -0.1) is 0 Å². The van der Waals surface area contributed by atoms with Gasteiger partial charge in [-0.05, 0) is 37.8 Å². The largest absolute Gasteiger partial charge is 0.395 e. The molecule has 0 spiro atoms. The van der Waals surface area contributed by atoms with E-state index in [1.54, 1.807) is 14.0 Å². The molecule has 1 aliphatic carbocycles. The Morgan fingerprint density at radius 1 is 1.38 bits per heavy atom. The van der Waals surface area contributed by atoms with Crippen LogP contribution in [0.3, 0.4) is 0 Å². The van der Waals surface area contributed by atoms with Crippen molar-refractivity contribution < 1.29 is 24.8 Å². The van der Waals surface area contributed by atoms with Crippen LogP contribution in [-0.2, 0) is 4.74 Å². The van der Waals surface area contributed by atoms with E-state index in [2.05, 4.69) is 19.2 Å². The Morgan fingerprint density at radius 3 is 2.55 bits per heavy atom. The van der Waals surface area contributed by atoms with Crippen molar-refractivity contribution in [3.63, 3.8) is 0 Å². The van der Waals surface area contributed by atoms with E-state index in [0.717, 1.165) is 11.1 Å². The Morgan fingerprint density at radius 2 is 2.07 bits per heavy atom. The van der Waals surface area contributed by atoms with E-state index in [9.17, 15) is 20.1 Å². The maximum absolute atomic E-state index is 12.0. The Hall–Kier alpha value is -2.49. The van der Waals surface area contributed by atoms with Crippen LogP contribution in [0.15, 0.2) is 30.4 Å². The Balaban J connectivity index is 2.37. The number of hydrogen-bond acceptors (Lipinski definition) is 7. The van der Waals surface area contributed by atoms with Crippen molar-refractivity contribution in [2.75, 3.05) is 25.3 Å². The number of amides is 1. The summed E-state index contributed by atoms with van der Waals surface area (Å²) < 4.78 is 5.70. The number of hydroxylamine groups is 1. The second-order valence-electron chi connectivity index (χ2n) is 7.76. The number of rotatable bonds is 8. The molecule has 0 bridgehead atoms. The van der Waals surface area contributed by atoms with Crippen LogP contribution in [0.25, 0.3) is 0 Å². The van der Waals surface area contributed by atoms with Gasteiger partial charge in [0.1, 0.15) is 5.69 Å². The maximum Gasteiger partial charge on any atom is 0.295 e. The van der Waals surface area contributed by atoms with Gasteiger partial charge < -0.3 is 15.2 Å². The number of ether oxygens (including phenoxy) is 1. The number of nitrogens with one attached hydrogen (secondary N) is 1. The van der Waals surface area contributed by atoms with Crippen LogP contribution < -0.4 is 10.4 Å². The minimum atomic E-state index is -0.873. The van der Waals surface area contributed by atoms with Crippen molar-refractivity contribution in [2.24, 2.45) is 5.92 Å². The van der Waals surface area contributed by atoms with Crippen molar-refractivity contribution in [2.45, 2.75) is 44.8 Å². The third kappa shape index (κ3) is 4.58. The van der Waals surface area contributed by atoms with Crippen LogP contribution in [0, 0.1) is 16.0 Å². The molecule has 9 nitrogen and oxygen atoms in total. The summed E-state index contributed by atoms with van der Waals surface area (Å²) in [7, 11) is 1.65. The normalized spacial score (nSPS) is 23.8. The molecule has 29 heavy (non-hydrogen) atoms. The van der Waals surface area contributed by atoms with Crippen LogP contribution in [0.5, 0.6) is 0 Å². The standard InChI is InChI=1S/C20H29N3O6/c1-14(2)20(29-4)9-7-19(3,8-10-20)22(26)16-6-5-15(13-17(16)23(27)28)18(25)21-11-12-24/h5-7,9,13-14,24,26H,8,10-12H2,1-4H3,(H,21,25). The van der Waals surface area contributed by atoms with E-state index in [1.807, 2.05) is 12.2 Å². The summed E-state index contributed by atoms with van der Waals surface area (Å²) in [6, 6.07) is 3.88. The zero-order valence-corrected chi connectivity index (χ0v) is 17.2. The fraction of sp³-hybridized carbons (Fsp3) is 0.550. The summed E-state index contributed by atoms with van der Waals surface area (Å²) in [5.41, 5.74) is -1.63. The minimum Gasteiger partial charge on any atom is -0.395 e. The first-order valence-corrected chi connectivity index (χ1v) is 9.52. The lowest BCUT2D eigenvalue weighted by atomic mass is 9.75. The highest BCUT2D eigenvalue weighted by atomic mass is 16.6. The van der Waals surface area contributed by atoms with Gasteiger partial charge in [-0.3, -0.25) is 20.1 Å². The lowest BCUT2D eigenvalue weighted by Gasteiger charge is -2.44. The average Bonchev–Trinajstić information content (AvgIpc) is 2.71. The molecule has 2 unspecified atom stereocenters. The number of anilines is 1. The molecule has 0 heterocycles. The molecule has 9 heteroatoms. The highest BCUT2D eigenvalue weighted by Crippen LogP contribution is 2.41. The molecule has 3 N–H and O–H groups in total. The number of aliphatic hydroxyl groups is 1. The maximum atomic E-state index is 12.0. The summed E-state index contributed by atoms with van der Waals surface area (Å²) in [5.74, 6) is -0.310. The molecule has 1 aromatic carbocycles. The van der Waals surface area contributed by atoms with Gasteiger partial charge in [0.15, 0.2) is 0 Å². The topological polar surface area (TPSA) is 125 Å². The zero-order valence-electron chi connectivity index (χ0n) is 17.2. The second-order valence-corrected chi connectivity index (χ2v) is 7.76. The van der Waals surface area contributed by atoms with Gasteiger partial charge in [0, 0.05) is 25.3 Å². The SMILES string of the molecule is COC1(C(C)C)C=CC(C)(N(O)c2ccc(C(=O)NCCO)cc2[N+](=O)[O-])CC1. The first-order valence-electron chi connectivity index (χ1n) is 9.52. The number of hydrogen-bond donors (Lipinski definition) is 3. The van der Waals surface area contributed by atoms with Crippen LogP contribution in [0.2, 0.25) is 0 Å². The fourth-order valence-electron chi connectivity index (χ4n) is 3.54. The van der Waals surface area contributed by atoms with Gasteiger partial charge in [-0.25, -0.2) is 5.06 Å². The van der Waals surface area contributed by atoms with Crippen LogP contribution in [0.4, 0.5) is 11.4 Å². The number of carbonyl (C=O) groups excluding carboxylic acids is 1. The molecule has 0 radical (unpaired) electrons. The summed E-state index contributed by atoms with van der Waals surface area (Å²) >= 11 is 0. The molecular weight excluding hydrogens is 378 g/mol. The number of methoxy groups -OCH3 is 1. The summed E-state index contributed by atoms with van der Waals surface area (Å²) in [4.78, 5) is 23.0. The Kier molecular flexibility index (Phi) is 6.99. The molecule has 1 aliphatic rings. The van der Waals surface area contributed by atoms with E-state index >= 15 is 0 Å². The number of nitro benzene ring substituents is 1. The minimum absolute atomic E-state index is 0.00433. The van der Waals surface area contributed by atoms with Crippen molar-refractivity contribution >= 4 is 17.3 Å². The predicted molar refractivity (Wildman–Crippen MR) is 108 cm³/mol. The highest BCUT2D eigenvalue weighted by Gasteiger charge is 2.42. The third-order valence-electron chi connectivity index (χ3n) is 5.65. The van der Waals surface area contributed by atoms with Gasteiger partial charge in [0.25, 0.3) is 11.6 Å². The van der Waals surface area contributed by atoms with Gasteiger partial charge >= 0.3 is 0 Å². The second kappa shape index (κ2) is 8.89. The summed E-state index contributed by atoms with van der Waals surface area (Å²) in [5, 5.41) is 34.6. The van der Waals surface area contributed by atoms with Crippen molar-refractivity contribution in [1.29, 1.82) is 0 Å². The van der Waals surface area contributed by atoms with Crippen LogP contribution in [-0.4, -0.2) is 52.5 Å². The quantitative estimate of drug-likeness (QED) is 0.344. The molecular formula is C20H29N3O6. The predicted octanol–water partition coefficient (Wildman–Crippen LogP) is 2.66. The molecule has 160 valence electrons. The van der Waals surface area contributed by atoms with E-state index in [1.165, 1.54) is 12.1 Å². The number of nitrogens with zero attached hydrogens (tertiary/aromatic N) is 2. The molecule has 0 fully saturated rings. The lowest BCUT2D eigenvalue weighted by Crippen LogP contribution is -2.49. The van der Waals surface area contributed by atoms with Gasteiger partial charge in [0.2, 0.25) is 0 Å². The highest BCUT2D eigenvalue weighted by molar-refractivity contribution is 5.95. The molecule has 0 saturated heterocycles. The molecule has 0 saturated carbocycles. The molecule has 0 aliphatic heterocycles. The molecule has 2 atom stereocenters. The smallest absolute Gasteiger partial charge is 0.295 e. The lowest BCUT2D eigenvalue weighted by molar-refractivity contribution is -0.384. The van der Waals surface area contributed by atoms with E-state index < -0.39 is 22.0 Å². The zero-order chi connectivity index (χ0) is 21.8. The van der Waals surface area contributed by atoms with Crippen molar-refractivity contribution in [3.05, 3.63) is 46.0 Å². The first kappa shape index (κ1) is 22.8. The number of carbonyl (C=O) groups is 1.